The number of esters is 1. The second-order valence-corrected chi connectivity index (χ2v) is 6.11. The standard InChI is InChI=1S/C17H14Cl2FN3O2/c1-3-25-17(24)13-9(2)22-23-15(19)12(14(18)21-16(13)23)8-10-4-6-11(20)7-5-10/h4-7H,3,8H2,1-2H3. The van der Waals surface area contributed by atoms with Crippen LogP contribution in [0.15, 0.2) is 24.3 Å². The maximum atomic E-state index is 13.1. The lowest BCUT2D eigenvalue weighted by atomic mass is 10.1. The van der Waals surface area contributed by atoms with Crippen molar-refractivity contribution in [3.05, 3.63) is 62.8 Å². The number of nitrogens with zero attached hydrogens (tertiary/aromatic N) is 3. The molecule has 0 aliphatic rings. The summed E-state index contributed by atoms with van der Waals surface area (Å²) in [6, 6.07) is 6.01. The normalized spacial score (nSPS) is 11.1. The Morgan fingerprint density at radius 1 is 1.28 bits per heavy atom. The molecular weight excluding hydrogens is 368 g/mol. The van der Waals surface area contributed by atoms with E-state index in [0.717, 1.165) is 5.56 Å². The number of halogens is 3. The van der Waals surface area contributed by atoms with E-state index in [1.165, 1.54) is 16.6 Å². The van der Waals surface area contributed by atoms with Gasteiger partial charge in [0.2, 0.25) is 0 Å². The summed E-state index contributed by atoms with van der Waals surface area (Å²) in [7, 11) is 0. The van der Waals surface area contributed by atoms with Crippen molar-refractivity contribution in [3.8, 4) is 0 Å². The molecule has 0 unspecified atom stereocenters. The summed E-state index contributed by atoms with van der Waals surface area (Å²) in [5.74, 6) is -0.850. The van der Waals surface area contributed by atoms with Crippen LogP contribution in [0.1, 0.15) is 34.1 Å². The topological polar surface area (TPSA) is 56.5 Å². The van der Waals surface area contributed by atoms with Crippen LogP contribution in [-0.2, 0) is 11.2 Å². The molecule has 0 amide bonds. The van der Waals surface area contributed by atoms with Gasteiger partial charge in [0.1, 0.15) is 21.7 Å². The van der Waals surface area contributed by atoms with E-state index in [4.69, 9.17) is 27.9 Å². The molecule has 0 bridgehead atoms. The minimum Gasteiger partial charge on any atom is -0.462 e. The van der Waals surface area contributed by atoms with Gasteiger partial charge in [0.25, 0.3) is 0 Å². The monoisotopic (exact) mass is 381 g/mol. The average molecular weight is 382 g/mol. The van der Waals surface area contributed by atoms with E-state index in [1.807, 2.05) is 0 Å². The molecule has 2 aromatic heterocycles. The second-order valence-electron chi connectivity index (χ2n) is 5.39. The van der Waals surface area contributed by atoms with Crippen LogP contribution in [0.3, 0.4) is 0 Å². The van der Waals surface area contributed by atoms with Gasteiger partial charge in [-0.1, -0.05) is 35.3 Å². The maximum absolute atomic E-state index is 13.1. The smallest absolute Gasteiger partial charge is 0.343 e. The summed E-state index contributed by atoms with van der Waals surface area (Å²) >= 11 is 12.7. The van der Waals surface area contributed by atoms with Gasteiger partial charge < -0.3 is 4.74 Å². The first-order valence-corrected chi connectivity index (χ1v) is 8.32. The van der Waals surface area contributed by atoms with Crippen molar-refractivity contribution >= 4 is 34.8 Å². The highest BCUT2D eigenvalue weighted by molar-refractivity contribution is 6.35. The van der Waals surface area contributed by atoms with Crippen LogP contribution in [0.5, 0.6) is 0 Å². The number of fused-ring (bicyclic) bond motifs is 1. The van der Waals surface area contributed by atoms with E-state index < -0.39 is 5.97 Å². The number of aromatic nitrogens is 3. The lowest BCUT2D eigenvalue weighted by molar-refractivity contribution is 0.0527. The molecule has 130 valence electrons. The largest absolute Gasteiger partial charge is 0.462 e. The summed E-state index contributed by atoms with van der Waals surface area (Å²) in [6.45, 7) is 3.62. The lowest BCUT2D eigenvalue weighted by Crippen LogP contribution is -2.07. The molecule has 25 heavy (non-hydrogen) atoms. The Bertz CT molecular complexity index is 955. The van der Waals surface area contributed by atoms with Gasteiger partial charge >= 0.3 is 5.97 Å². The minimum absolute atomic E-state index is 0.160. The van der Waals surface area contributed by atoms with Gasteiger partial charge in [-0.25, -0.2) is 18.7 Å². The molecule has 0 N–H and O–H groups in total. The molecule has 8 heteroatoms. The van der Waals surface area contributed by atoms with Gasteiger partial charge in [0.15, 0.2) is 5.65 Å². The Balaban J connectivity index is 2.10. The van der Waals surface area contributed by atoms with E-state index >= 15 is 0 Å². The Kier molecular flexibility index (Phi) is 4.92. The number of hydrogen-bond donors (Lipinski definition) is 0. The molecule has 0 aliphatic carbocycles. The summed E-state index contributed by atoms with van der Waals surface area (Å²) in [5, 5.41) is 4.68. The number of hydrogen-bond acceptors (Lipinski definition) is 4. The maximum Gasteiger partial charge on any atom is 0.343 e. The summed E-state index contributed by atoms with van der Waals surface area (Å²) < 4.78 is 19.5. The molecule has 0 fully saturated rings. The molecule has 3 rings (SSSR count). The van der Waals surface area contributed by atoms with Crippen LogP contribution in [-0.4, -0.2) is 27.2 Å². The fourth-order valence-corrected chi connectivity index (χ4v) is 3.08. The van der Waals surface area contributed by atoms with Gasteiger partial charge in [-0.05, 0) is 31.5 Å². The Morgan fingerprint density at radius 2 is 1.96 bits per heavy atom. The van der Waals surface area contributed by atoms with Crippen LogP contribution in [0, 0.1) is 12.7 Å². The number of aryl methyl sites for hydroxylation is 1. The molecule has 3 aromatic rings. The zero-order valence-electron chi connectivity index (χ0n) is 13.5. The van der Waals surface area contributed by atoms with Crippen LogP contribution < -0.4 is 0 Å². The van der Waals surface area contributed by atoms with E-state index in [9.17, 15) is 9.18 Å². The molecule has 2 heterocycles. The molecule has 0 atom stereocenters. The van der Waals surface area contributed by atoms with Crippen LogP contribution in [0.25, 0.3) is 5.65 Å². The van der Waals surface area contributed by atoms with Gasteiger partial charge in [-0.3, -0.25) is 0 Å². The molecule has 0 spiro atoms. The lowest BCUT2D eigenvalue weighted by Gasteiger charge is -2.09. The van der Waals surface area contributed by atoms with E-state index in [-0.39, 0.29) is 33.9 Å². The van der Waals surface area contributed by atoms with Crippen molar-refractivity contribution < 1.29 is 13.9 Å². The molecular formula is C17H14Cl2FN3O2. The van der Waals surface area contributed by atoms with E-state index in [2.05, 4.69) is 10.1 Å². The van der Waals surface area contributed by atoms with Crippen LogP contribution >= 0.6 is 23.2 Å². The number of ether oxygens (including phenoxy) is 1. The predicted molar refractivity (Wildman–Crippen MR) is 92.9 cm³/mol. The molecule has 0 aliphatic heterocycles. The highest BCUT2D eigenvalue weighted by atomic mass is 35.5. The Hall–Kier alpha value is -2.18. The molecule has 0 saturated carbocycles. The molecule has 0 radical (unpaired) electrons. The molecule has 1 aromatic carbocycles. The third-order valence-electron chi connectivity index (χ3n) is 3.70. The first-order chi connectivity index (χ1) is 11.9. The van der Waals surface area contributed by atoms with Crippen LogP contribution in [0.4, 0.5) is 4.39 Å². The zero-order valence-corrected chi connectivity index (χ0v) is 15.0. The summed E-state index contributed by atoms with van der Waals surface area (Å²) in [4.78, 5) is 16.4. The predicted octanol–water partition coefficient (Wildman–Crippen LogP) is 4.25. The van der Waals surface area contributed by atoms with Crippen molar-refractivity contribution in [1.29, 1.82) is 0 Å². The third kappa shape index (κ3) is 3.32. The van der Waals surface area contributed by atoms with Crippen molar-refractivity contribution in [1.82, 2.24) is 14.6 Å². The quantitative estimate of drug-likeness (QED) is 0.500. The third-order valence-corrected chi connectivity index (χ3v) is 4.40. The fraction of sp³-hybridized carbons (Fsp3) is 0.235. The average Bonchev–Trinajstić information content (AvgIpc) is 2.90. The highest BCUT2D eigenvalue weighted by Gasteiger charge is 2.23. The number of carbonyl (C=O) groups excluding carboxylic acids is 1. The molecule has 5 nitrogen and oxygen atoms in total. The van der Waals surface area contributed by atoms with Crippen molar-refractivity contribution in [2.45, 2.75) is 20.3 Å². The zero-order chi connectivity index (χ0) is 18.1. The van der Waals surface area contributed by atoms with Gasteiger partial charge in [-0.15, -0.1) is 0 Å². The number of benzene rings is 1. The van der Waals surface area contributed by atoms with Gasteiger partial charge in [0.05, 0.1) is 12.3 Å². The highest BCUT2D eigenvalue weighted by Crippen LogP contribution is 2.29. The fourth-order valence-electron chi connectivity index (χ4n) is 2.52. The summed E-state index contributed by atoms with van der Waals surface area (Å²) in [5.41, 5.74) is 2.29. The van der Waals surface area contributed by atoms with Crippen LogP contribution in [0.2, 0.25) is 10.3 Å². The van der Waals surface area contributed by atoms with Crippen molar-refractivity contribution in [2.75, 3.05) is 6.61 Å². The first kappa shape index (κ1) is 17.6. The first-order valence-electron chi connectivity index (χ1n) is 7.57. The second kappa shape index (κ2) is 6.98. The Labute approximate surface area is 153 Å². The summed E-state index contributed by atoms with van der Waals surface area (Å²) in [6.07, 6.45) is 0.356. The number of carbonyl (C=O) groups is 1. The van der Waals surface area contributed by atoms with E-state index in [1.54, 1.807) is 26.0 Å². The van der Waals surface area contributed by atoms with Crippen molar-refractivity contribution in [2.24, 2.45) is 0 Å². The van der Waals surface area contributed by atoms with Gasteiger partial charge in [0, 0.05) is 12.0 Å². The van der Waals surface area contributed by atoms with Gasteiger partial charge in [-0.2, -0.15) is 5.10 Å². The number of rotatable bonds is 4. The minimum atomic E-state index is -0.527. The Morgan fingerprint density at radius 3 is 2.60 bits per heavy atom. The van der Waals surface area contributed by atoms with Crippen molar-refractivity contribution in [3.63, 3.8) is 0 Å². The van der Waals surface area contributed by atoms with E-state index in [0.29, 0.717) is 17.7 Å². The molecule has 0 saturated heterocycles. The SMILES string of the molecule is CCOC(=O)c1c(C)nn2c(Cl)c(Cc3ccc(F)cc3)c(Cl)nc12.